The summed E-state index contributed by atoms with van der Waals surface area (Å²) in [6, 6.07) is 7.70. The summed E-state index contributed by atoms with van der Waals surface area (Å²) >= 11 is 8.46. The van der Waals surface area contributed by atoms with E-state index in [9.17, 15) is 19.2 Å². The van der Waals surface area contributed by atoms with E-state index >= 15 is 0 Å². The van der Waals surface area contributed by atoms with E-state index in [4.69, 9.17) is 18.1 Å². The molecule has 12 heteroatoms. The van der Waals surface area contributed by atoms with Crippen LogP contribution < -0.4 is 16.7 Å². The SMILES string of the molecule is C=CC1CC1(NC=O)C(=O)S.CC1CCCN1C(=O)N(C)N.O=c1[nH]c2ccccc2[nH]c1=S. The van der Waals surface area contributed by atoms with Crippen molar-refractivity contribution in [1.82, 2.24) is 25.2 Å². The number of rotatable bonds is 4. The lowest BCUT2D eigenvalue weighted by Gasteiger charge is -2.24. The van der Waals surface area contributed by atoms with Crippen molar-refractivity contribution in [2.75, 3.05) is 13.6 Å². The molecule has 5 N–H and O–H groups in total. The van der Waals surface area contributed by atoms with Gasteiger partial charge in [-0.1, -0.05) is 30.4 Å². The zero-order valence-electron chi connectivity index (χ0n) is 19.1. The molecule has 0 radical (unpaired) electrons. The minimum atomic E-state index is -0.743. The number of hydrogen-bond donors (Lipinski definition) is 5. The number of para-hydroxylation sites is 2. The zero-order valence-corrected chi connectivity index (χ0v) is 20.8. The van der Waals surface area contributed by atoms with E-state index in [1.807, 2.05) is 24.3 Å². The van der Waals surface area contributed by atoms with Gasteiger partial charge in [0.25, 0.3) is 5.56 Å². The summed E-state index contributed by atoms with van der Waals surface area (Å²) in [5.41, 5.74) is 0.633. The first-order valence-electron chi connectivity index (χ1n) is 10.6. The minimum absolute atomic E-state index is 0.0534. The highest BCUT2D eigenvalue weighted by molar-refractivity contribution is 7.96. The molecule has 2 aliphatic rings. The van der Waals surface area contributed by atoms with Gasteiger partial charge < -0.3 is 20.2 Å². The lowest BCUT2D eigenvalue weighted by Crippen LogP contribution is -2.45. The number of aromatic amines is 2. The van der Waals surface area contributed by atoms with Gasteiger partial charge in [0.05, 0.1) is 11.0 Å². The van der Waals surface area contributed by atoms with Crippen molar-refractivity contribution in [3.63, 3.8) is 0 Å². The third-order valence-corrected chi connectivity index (χ3v) is 6.41. The molecule has 0 spiro atoms. The van der Waals surface area contributed by atoms with Gasteiger partial charge in [-0.15, -0.1) is 19.2 Å². The maximum absolute atomic E-state index is 11.3. The number of nitrogens with two attached hydrogens (primary N) is 1. The second-order valence-electron chi connectivity index (χ2n) is 8.12. The lowest BCUT2D eigenvalue weighted by molar-refractivity contribution is -0.118. The number of H-pyrrole nitrogens is 2. The lowest BCUT2D eigenvalue weighted by atomic mass is 10.2. The number of hydrogen-bond acceptors (Lipinski definition) is 6. The normalized spacial score (nSPS) is 22.4. The summed E-state index contributed by atoms with van der Waals surface area (Å²) in [5.74, 6) is 5.37. The first-order valence-corrected chi connectivity index (χ1v) is 11.5. The molecule has 2 fully saturated rings. The van der Waals surface area contributed by atoms with Gasteiger partial charge in [0.15, 0.2) is 4.64 Å². The van der Waals surface area contributed by atoms with Crippen molar-refractivity contribution >= 4 is 53.4 Å². The number of carbonyl (C=O) groups excluding carboxylic acids is 3. The quantitative estimate of drug-likeness (QED) is 0.0817. The molecule has 0 bridgehead atoms. The summed E-state index contributed by atoms with van der Waals surface area (Å²) in [4.78, 5) is 50.6. The monoisotopic (exact) mass is 506 g/mol. The topological polar surface area (TPSA) is 144 Å². The Kier molecular flexibility index (Phi) is 9.59. The minimum Gasteiger partial charge on any atom is -0.345 e. The van der Waals surface area contributed by atoms with Crippen LogP contribution in [-0.4, -0.2) is 62.6 Å². The maximum Gasteiger partial charge on any atom is 0.334 e. The van der Waals surface area contributed by atoms with E-state index in [1.54, 1.807) is 18.0 Å². The number of hydrazine groups is 1. The number of urea groups is 1. The van der Waals surface area contributed by atoms with Crippen LogP contribution in [0.1, 0.15) is 26.2 Å². The molecular formula is C22H30N6O4S2. The summed E-state index contributed by atoms with van der Waals surface area (Å²) < 4.78 is 0.216. The van der Waals surface area contributed by atoms with Gasteiger partial charge in [-0.2, -0.15) is 0 Å². The van der Waals surface area contributed by atoms with E-state index < -0.39 is 5.54 Å². The fourth-order valence-corrected chi connectivity index (χ4v) is 4.11. The van der Waals surface area contributed by atoms with Crippen molar-refractivity contribution in [3.8, 4) is 0 Å². The molecule has 3 unspecified atom stereocenters. The molecule has 2 heterocycles. The van der Waals surface area contributed by atoms with E-state index in [1.165, 1.54) is 0 Å². The van der Waals surface area contributed by atoms with Crippen LogP contribution in [-0.2, 0) is 9.59 Å². The van der Waals surface area contributed by atoms with Crippen molar-refractivity contribution in [2.24, 2.45) is 11.8 Å². The Morgan fingerprint density at radius 2 is 1.97 bits per heavy atom. The Morgan fingerprint density at radius 3 is 2.41 bits per heavy atom. The fraction of sp³-hybridized carbons (Fsp3) is 0.409. The smallest absolute Gasteiger partial charge is 0.334 e. The van der Waals surface area contributed by atoms with Gasteiger partial charge in [-0.05, 0) is 38.3 Å². The molecule has 1 aromatic carbocycles. The van der Waals surface area contributed by atoms with Gasteiger partial charge >= 0.3 is 6.03 Å². The highest BCUT2D eigenvalue weighted by atomic mass is 32.1. The molecule has 2 aromatic rings. The Morgan fingerprint density at radius 1 is 1.35 bits per heavy atom. The largest absolute Gasteiger partial charge is 0.345 e. The number of nitrogens with one attached hydrogen (secondary N) is 3. The number of aromatic nitrogens is 2. The molecule has 4 rings (SSSR count). The summed E-state index contributed by atoms with van der Waals surface area (Å²) in [6.45, 7) is 6.44. The molecule has 184 valence electrons. The van der Waals surface area contributed by atoms with Gasteiger partial charge in [0.2, 0.25) is 11.5 Å². The average Bonchev–Trinajstić information content (AvgIpc) is 3.37. The van der Waals surface area contributed by atoms with Crippen LogP contribution in [0.2, 0.25) is 0 Å². The zero-order chi connectivity index (χ0) is 25.5. The number of carbonyl (C=O) groups is 3. The molecule has 1 saturated carbocycles. The average molecular weight is 507 g/mol. The number of benzene rings is 1. The molecule has 1 aliphatic carbocycles. The number of thiol groups is 1. The Hall–Kier alpha value is -2.96. The van der Waals surface area contributed by atoms with Gasteiger partial charge in [-0.25, -0.2) is 10.6 Å². The van der Waals surface area contributed by atoms with Crippen LogP contribution in [0, 0.1) is 10.6 Å². The van der Waals surface area contributed by atoms with Crippen molar-refractivity contribution in [3.05, 3.63) is 51.9 Å². The van der Waals surface area contributed by atoms with E-state index in [0.29, 0.717) is 18.9 Å². The molecule has 1 aliphatic heterocycles. The van der Waals surface area contributed by atoms with E-state index in [2.05, 4.69) is 41.4 Å². The molecule has 3 atom stereocenters. The second-order valence-corrected chi connectivity index (χ2v) is 8.93. The van der Waals surface area contributed by atoms with Crippen molar-refractivity contribution < 1.29 is 14.4 Å². The molecular weight excluding hydrogens is 476 g/mol. The molecule has 3 amide bonds. The first kappa shape index (κ1) is 27.3. The molecule has 34 heavy (non-hydrogen) atoms. The Bertz CT molecular complexity index is 1120. The highest BCUT2D eigenvalue weighted by Gasteiger charge is 2.57. The van der Waals surface area contributed by atoms with Gasteiger partial charge in [0, 0.05) is 25.6 Å². The van der Waals surface area contributed by atoms with Crippen LogP contribution in [0.3, 0.4) is 0 Å². The Labute approximate surface area is 208 Å². The number of fused-ring (bicyclic) bond motifs is 1. The summed E-state index contributed by atoms with van der Waals surface area (Å²) in [7, 11) is 1.58. The van der Waals surface area contributed by atoms with Crippen LogP contribution >= 0.6 is 24.8 Å². The van der Waals surface area contributed by atoms with E-state index in [-0.39, 0.29) is 27.3 Å². The summed E-state index contributed by atoms with van der Waals surface area (Å²) in [6.07, 6.45) is 5.00. The Balaban J connectivity index is 0.000000181. The fourth-order valence-electron chi connectivity index (χ4n) is 3.63. The van der Waals surface area contributed by atoms with Crippen LogP contribution in [0.4, 0.5) is 4.79 Å². The molecule has 10 nitrogen and oxygen atoms in total. The van der Waals surface area contributed by atoms with Crippen molar-refractivity contribution in [2.45, 2.75) is 37.8 Å². The number of amides is 3. The standard InChI is InChI=1S/C8H6N2OS.C7H15N3O.C7H9NO2S/c11-7-8(12)10-6-4-2-1-3-5(6)9-7;1-6-4-3-5-10(6)7(11)9(2)8;1-2-5-3-7(5,6(10)11)8-4-9/h1-4H,(H,9,11)(H,10,12);6H,3-5,8H2,1-2H3;2,4-5H,1,3H2,(H,8,9)(H,10,11). The number of nitrogens with zero attached hydrogens (tertiary/aromatic N) is 2. The number of likely N-dealkylation sites (tertiary alicyclic amines) is 1. The molecule has 1 saturated heterocycles. The van der Waals surface area contributed by atoms with Crippen molar-refractivity contribution in [1.29, 1.82) is 0 Å². The predicted octanol–water partition coefficient (Wildman–Crippen LogP) is 2.12. The van der Waals surface area contributed by atoms with Crippen LogP contribution in [0.25, 0.3) is 11.0 Å². The van der Waals surface area contributed by atoms with Gasteiger partial charge in [-0.3, -0.25) is 19.4 Å². The molecule has 1 aromatic heterocycles. The second kappa shape index (κ2) is 12.0. The highest BCUT2D eigenvalue weighted by Crippen LogP contribution is 2.45. The third-order valence-electron chi connectivity index (χ3n) is 5.73. The maximum atomic E-state index is 11.3. The predicted molar refractivity (Wildman–Crippen MR) is 137 cm³/mol. The van der Waals surface area contributed by atoms with Crippen LogP contribution in [0.5, 0.6) is 0 Å². The van der Waals surface area contributed by atoms with E-state index in [0.717, 1.165) is 35.4 Å². The summed E-state index contributed by atoms with van der Waals surface area (Å²) in [5, 5.41) is 3.30. The first-order chi connectivity index (χ1) is 16.1. The third kappa shape index (κ3) is 6.55. The van der Waals surface area contributed by atoms with Crippen LogP contribution in [0.15, 0.2) is 41.7 Å². The van der Waals surface area contributed by atoms with Gasteiger partial charge in [0.1, 0.15) is 5.54 Å².